The molecule has 0 saturated heterocycles. The average molecular weight is 240 g/mol. The third-order valence-corrected chi connectivity index (χ3v) is 4.19. The normalized spacial score (nSPS) is 27.9. The molecule has 0 aromatic carbocycles. The fraction of sp³-hybridized carbons (Fsp3) is 0.750. The molecule has 90 valence electrons. The summed E-state index contributed by atoms with van der Waals surface area (Å²) in [5.74, 6) is 0. The first-order chi connectivity index (χ1) is 7.81. The summed E-state index contributed by atoms with van der Waals surface area (Å²) in [4.78, 5) is 4.35. The Labute approximate surface area is 101 Å². The van der Waals surface area contributed by atoms with Crippen molar-refractivity contribution in [3.63, 3.8) is 0 Å². The molecule has 3 atom stereocenters. The lowest BCUT2D eigenvalue weighted by atomic mass is 9.92. The minimum absolute atomic E-state index is 0.178. The van der Waals surface area contributed by atoms with Crippen LogP contribution in [-0.2, 0) is 0 Å². The van der Waals surface area contributed by atoms with Crippen molar-refractivity contribution in [2.75, 3.05) is 0 Å². The summed E-state index contributed by atoms with van der Waals surface area (Å²) in [5, 5.41) is 16.6. The molecule has 0 radical (unpaired) electrons. The van der Waals surface area contributed by atoms with Crippen LogP contribution in [0, 0.1) is 0 Å². The van der Waals surface area contributed by atoms with Crippen LogP contribution in [-0.4, -0.2) is 22.2 Å². The number of aromatic nitrogens is 1. The van der Waals surface area contributed by atoms with E-state index < -0.39 is 0 Å². The van der Waals surface area contributed by atoms with Gasteiger partial charge in [0.1, 0.15) is 5.01 Å². The number of aliphatic hydroxyl groups is 1. The van der Waals surface area contributed by atoms with Crippen LogP contribution in [0.2, 0.25) is 0 Å². The van der Waals surface area contributed by atoms with Crippen molar-refractivity contribution in [3.8, 4) is 0 Å². The van der Waals surface area contributed by atoms with Gasteiger partial charge in [-0.15, -0.1) is 11.3 Å². The maximum atomic E-state index is 9.93. The molecule has 2 N–H and O–H groups in total. The largest absolute Gasteiger partial charge is 0.392 e. The Morgan fingerprint density at radius 3 is 3.00 bits per heavy atom. The summed E-state index contributed by atoms with van der Waals surface area (Å²) >= 11 is 1.69. The molecule has 1 fully saturated rings. The lowest BCUT2D eigenvalue weighted by Crippen LogP contribution is -2.43. The molecule has 0 spiro atoms. The van der Waals surface area contributed by atoms with Crippen molar-refractivity contribution in [2.24, 2.45) is 0 Å². The van der Waals surface area contributed by atoms with E-state index >= 15 is 0 Å². The molecular formula is C12H20N2OS. The van der Waals surface area contributed by atoms with Crippen molar-refractivity contribution < 1.29 is 5.11 Å². The number of hydrogen-bond acceptors (Lipinski definition) is 4. The minimum atomic E-state index is -0.178. The van der Waals surface area contributed by atoms with Crippen LogP contribution in [0.5, 0.6) is 0 Å². The third-order valence-electron chi connectivity index (χ3n) is 3.30. The molecule has 1 heterocycles. The Hall–Kier alpha value is -0.450. The highest BCUT2D eigenvalue weighted by atomic mass is 32.1. The van der Waals surface area contributed by atoms with Gasteiger partial charge in [-0.2, -0.15) is 0 Å². The molecule has 1 aliphatic rings. The molecule has 4 heteroatoms. The molecule has 3 nitrogen and oxygen atoms in total. The van der Waals surface area contributed by atoms with E-state index in [9.17, 15) is 5.11 Å². The molecule has 1 saturated carbocycles. The number of rotatable bonds is 4. The molecule has 0 aliphatic heterocycles. The molecule has 1 aliphatic carbocycles. The van der Waals surface area contributed by atoms with Gasteiger partial charge in [-0.05, 0) is 19.3 Å². The molecule has 1 aromatic rings. The van der Waals surface area contributed by atoms with Crippen molar-refractivity contribution in [1.29, 1.82) is 0 Å². The predicted molar refractivity (Wildman–Crippen MR) is 66.5 cm³/mol. The number of aliphatic hydroxyl groups excluding tert-OH is 1. The van der Waals surface area contributed by atoms with Gasteiger partial charge < -0.3 is 10.4 Å². The summed E-state index contributed by atoms with van der Waals surface area (Å²) < 4.78 is 0. The van der Waals surface area contributed by atoms with E-state index in [4.69, 9.17) is 0 Å². The van der Waals surface area contributed by atoms with Crippen LogP contribution in [0.4, 0.5) is 0 Å². The molecule has 1 aromatic heterocycles. The number of thiazole rings is 1. The Morgan fingerprint density at radius 1 is 1.56 bits per heavy atom. The molecule has 0 amide bonds. The molecule has 16 heavy (non-hydrogen) atoms. The minimum Gasteiger partial charge on any atom is -0.392 e. The highest BCUT2D eigenvalue weighted by Gasteiger charge is 2.25. The Bertz CT molecular complexity index is 302. The van der Waals surface area contributed by atoms with Gasteiger partial charge in [0.25, 0.3) is 0 Å². The fourth-order valence-electron chi connectivity index (χ4n) is 2.33. The van der Waals surface area contributed by atoms with Crippen LogP contribution in [0.15, 0.2) is 11.6 Å². The molecule has 3 unspecified atom stereocenters. The van der Waals surface area contributed by atoms with Crippen LogP contribution in [0.3, 0.4) is 0 Å². The maximum Gasteiger partial charge on any atom is 0.109 e. The van der Waals surface area contributed by atoms with Gasteiger partial charge in [-0.3, -0.25) is 0 Å². The Morgan fingerprint density at radius 2 is 2.38 bits per heavy atom. The van der Waals surface area contributed by atoms with E-state index in [-0.39, 0.29) is 12.1 Å². The summed E-state index contributed by atoms with van der Waals surface area (Å²) in [5.41, 5.74) is 0. The van der Waals surface area contributed by atoms with Crippen LogP contribution in [0.25, 0.3) is 0 Å². The highest BCUT2D eigenvalue weighted by molar-refractivity contribution is 7.09. The van der Waals surface area contributed by atoms with Crippen molar-refractivity contribution >= 4 is 11.3 Å². The van der Waals surface area contributed by atoms with Crippen LogP contribution >= 0.6 is 11.3 Å². The molecule has 0 bridgehead atoms. The zero-order valence-electron chi connectivity index (χ0n) is 9.72. The predicted octanol–water partition coefficient (Wildman–Crippen LogP) is 2.49. The van der Waals surface area contributed by atoms with Gasteiger partial charge in [0.2, 0.25) is 0 Å². The second-order valence-corrected chi connectivity index (χ2v) is 5.38. The number of nitrogens with zero attached hydrogens (tertiary/aromatic N) is 1. The van der Waals surface area contributed by atoms with E-state index in [0.29, 0.717) is 6.04 Å². The van der Waals surface area contributed by atoms with Gasteiger partial charge in [0, 0.05) is 17.6 Å². The average Bonchev–Trinajstić information content (AvgIpc) is 2.81. The molecular weight excluding hydrogens is 220 g/mol. The fourth-order valence-corrected chi connectivity index (χ4v) is 3.12. The van der Waals surface area contributed by atoms with E-state index in [1.165, 1.54) is 6.42 Å². The Kier molecular flexibility index (Phi) is 4.32. The lowest BCUT2D eigenvalue weighted by Gasteiger charge is -2.31. The number of hydrogen-bond donors (Lipinski definition) is 2. The summed E-state index contributed by atoms with van der Waals surface area (Å²) in [6.07, 6.45) is 7.10. The SMILES string of the molecule is CCC(NC1CCCCC1O)c1nccs1. The smallest absolute Gasteiger partial charge is 0.109 e. The second kappa shape index (κ2) is 5.75. The third kappa shape index (κ3) is 2.81. The zero-order chi connectivity index (χ0) is 11.4. The summed E-state index contributed by atoms with van der Waals surface area (Å²) in [7, 11) is 0. The van der Waals surface area contributed by atoms with Gasteiger partial charge in [0.05, 0.1) is 12.1 Å². The van der Waals surface area contributed by atoms with Gasteiger partial charge in [-0.1, -0.05) is 19.8 Å². The van der Waals surface area contributed by atoms with Gasteiger partial charge >= 0.3 is 0 Å². The first-order valence-electron chi connectivity index (χ1n) is 6.14. The van der Waals surface area contributed by atoms with Crippen molar-refractivity contribution in [1.82, 2.24) is 10.3 Å². The van der Waals surface area contributed by atoms with E-state index in [0.717, 1.165) is 30.7 Å². The van der Waals surface area contributed by atoms with Crippen molar-refractivity contribution in [3.05, 3.63) is 16.6 Å². The first kappa shape index (κ1) is 12.0. The number of nitrogens with one attached hydrogen (secondary N) is 1. The maximum absolute atomic E-state index is 9.93. The molecule has 2 rings (SSSR count). The standard InChI is InChI=1S/C12H20N2OS/c1-2-9(12-13-7-8-16-12)14-10-5-3-4-6-11(10)15/h7-11,14-15H,2-6H2,1H3. The lowest BCUT2D eigenvalue weighted by molar-refractivity contribution is 0.0844. The van der Waals surface area contributed by atoms with Crippen molar-refractivity contribution in [2.45, 2.75) is 57.2 Å². The monoisotopic (exact) mass is 240 g/mol. The summed E-state index contributed by atoms with van der Waals surface area (Å²) in [6.45, 7) is 2.16. The quantitative estimate of drug-likeness (QED) is 0.850. The topological polar surface area (TPSA) is 45.1 Å². The van der Waals surface area contributed by atoms with Gasteiger partial charge in [0.15, 0.2) is 0 Å². The van der Waals surface area contributed by atoms with Crippen LogP contribution < -0.4 is 5.32 Å². The summed E-state index contributed by atoms with van der Waals surface area (Å²) in [6, 6.07) is 0.556. The first-order valence-corrected chi connectivity index (χ1v) is 7.02. The van der Waals surface area contributed by atoms with E-state index in [2.05, 4.69) is 17.2 Å². The van der Waals surface area contributed by atoms with E-state index in [1.807, 2.05) is 11.6 Å². The van der Waals surface area contributed by atoms with Gasteiger partial charge in [-0.25, -0.2) is 4.98 Å². The highest BCUT2D eigenvalue weighted by Crippen LogP contribution is 2.24. The zero-order valence-corrected chi connectivity index (χ0v) is 10.5. The van der Waals surface area contributed by atoms with E-state index in [1.54, 1.807) is 11.3 Å². The Balaban J connectivity index is 1.95. The second-order valence-electron chi connectivity index (χ2n) is 4.46. The van der Waals surface area contributed by atoms with Crippen LogP contribution in [0.1, 0.15) is 50.1 Å².